The van der Waals surface area contributed by atoms with Crippen LogP contribution in [0.2, 0.25) is 0 Å². The third kappa shape index (κ3) is 4.29. The second kappa shape index (κ2) is 6.63. The molecule has 1 aromatic rings. The molecule has 0 spiro atoms. The molecule has 19 heavy (non-hydrogen) atoms. The van der Waals surface area contributed by atoms with Gasteiger partial charge in [-0.15, -0.1) is 0 Å². The highest BCUT2D eigenvalue weighted by molar-refractivity contribution is 5.78. The molecule has 5 heteroatoms. The maximum atomic E-state index is 12.1. The van der Waals surface area contributed by atoms with E-state index in [9.17, 15) is 4.79 Å². The van der Waals surface area contributed by atoms with Crippen LogP contribution in [0.15, 0.2) is 18.3 Å². The lowest BCUT2D eigenvalue weighted by atomic mass is 10.2. The predicted octanol–water partition coefficient (Wildman–Crippen LogP) is 0.254. The van der Waals surface area contributed by atoms with E-state index in [1.54, 1.807) is 0 Å². The number of hydrogen-bond acceptors (Lipinski definition) is 4. The van der Waals surface area contributed by atoms with E-state index in [2.05, 4.69) is 21.3 Å². The van der Waals surface area contributed by atoms with Gasteiger partial charge in [0.1, 0.15) is 0 Å². The molecule has 1 aliphatic heterocycles. The second-order valence-electron chi connectivity index (χ2n) is 5.11. The Hall–Kier alpha value is -1.46. The lowest BCUT2D eigenvalue weighted by Crippen LogP contribution is -2.49. The summed E-state index contributed by atoms with van der Waals surface area (Å²) in [5.74, 6) is 0.217. The van der Waals surface area contributed by atoms with E-state index in [-0.39, 0.29) is 5.91 Å². The van der Waals surface area contributed by atoms with Crippen LogP contribution in [-0.2, 0) is 11.3 Å². The van der Waals surface area contributed by atoms with E-state index >= 15 is 0 Å². The van der Waals surface area contributed by atoms with Crippen LogP contribution in [0.1, 0.15) is 11.3 Å². The zero-order valence-electron chi connectivity index (χ0n) is 11.7. The molecule has 0 saturated carbocycles. The largest absolute Gasteiger partial charge is 0.339 e. The first-order valence-corrected chi connectivity index (χ1v) is 6.74. The Kier molecular flexibility index (Phi) is 4.87. The number of carbonyl (C=O) groups excluding carboxylic acids is 1. The maximum Gasteiger partial charge on any atom is 0.236 e. The Balaban J connectivity index is 1.83. The van der Waals surface area contributed by atoms with Gasteiger partial charge in [0.15, 0.2) is 0 Å². The first kappa shape index (κ1) is 14.0. The topological polar surface area (TPSA) is 48.5 Å². The quantitative estimate of drug-likeness (QED) is 0.845. The fourth-order valence-corrected chi connectivity index (χ4v) is 2.32. The third-order valence-corrected chi connectivity index (χ3v) is 3.29. The molecule has 0 radical (unpaired) electrons. The van der Waals surface area contributed by atoms with Gasteiger partial charge in [0.25, 0.3) is 0 Å². The number of hydrogen-bond donors (Lipinski definition) is 1. The van der Waals surface area contributed by atoms with Crippen molar-refractivity contribution in [2.45, 2.75) is 13.5 Å². The van der Waals surface area contributed by atoms with Gasteiger partial charge < -0.3 is 10.2 Å². The summed E-state index contributed by atoms with van der Waals surface area (Å²) in [7, 11) is 1.98. The number of rotatable bonds is 4. The van der Waals surface area contributed by atoms with Crippen molar-refractivity contribution < 1.29 is 4.79 Å². The standard InChI is InChI=1S/C14H22N4O/c1-12-9-13(3-4-16-12)10-17(2)11-14(19)18-7-5-15-6-8-18/h3-4,9,15H,5-8,10-11H2,1-2H3. The molecular formula is C14H22N4O. The van der Waals surface area contributed by atoms with E-state index in [0.717, 1.165) is 38.4 Å². The van der Waals surface area contributed by atoms with Crippen LogP contribution in [0, 0.1) is 6.92 Å². The Labute approximate surface area is 114 Å². The number of carbonyl (C=O) groups is 1. The Bertz CT molecular complexity index is 429. The molecule has 0 unspecified atom stereocenters. The summed E-state index contributed by atoms with van der Waals surface area (Å²) in [6.07, 6.45) is 1.82. The van der Waals surface area contributed by atoms with Gasteiger partial charge in [-0.3, -0.25) is 14.7 Å². The smallest absolute Gasteiger partial charge is 0.236 e. The molecule has 1 aliphatic rings. The number of piperazine rings is 1. The van der Waals surface area contributed by atoms with Gasteiger partial charge in [-0.05, 0) is 31.7 Å². The van der Waals surface area contributed by atoms with Crippen molar-refractivity contribution in [3.05, 3.63) is 29.6 Å². The summed E-state index contributed by atoms with van der Waals surface area (Å²) in [6, 6.07) is 4.06. The molecule has 1 saturated heterocycles. The van der Waals surface area contributed by atoms with Gasteiger partial charge in [0.05, 0.1) is 6.54 Å². The van der Waals surface area contributed by atoms with Gasteiger partial charge in [-0.25, -0.2) is 0 Å². The van der Waals surface area contributed by atoms with E-state index in [1.165, 1.54) is 5.56 Å². The van der Waals surface area contributed by atoms with Crippen molar-refractivity contribution in [2.24, 2.45) is 0 Å². The highest BCUT2D eigenvalue weighted by atomic mass is 16.2. The number of nitrogens with one attached hydrogen (secondary N) is 1. The maximum absolute atomic E-state index is 12.1. The van der Waals surface area contributed by atoms with Crippen LogP contribution in [0.3, 0.4) is 0 Å². The Morgan fingerprint density at radius 2 is 2.21 bits per heavy atom. The lowest BCUT2D eigenvalue weighted by Gasteiger charge is -2.29. The van der Waals surface area contributed by atoms with Crippen LogP contribution in [0.4, 0.5) is 0 Å². The van der Waals surface area contributed by atoms with Crippen molar-refractivity contribution in [1.29, 1.82) is 0 Å². The van der Waals surface area contributed by atoms with Gasteiger partial charge in [0.2, 0.25) is 5.91 Å². The van der Waals surface area contributed by atoms with Crippen LogP contribution in [0.25, 0.3) is 0 Å². The van der Waals surface area contributed by atoms with Crippen molar-refractivity contribution >= 4 is 5.91 Å². The molecule has 5 nitrogen and oxygen atoms in total. The molecule has 1 aromatic heterocycles. The molecule has 104 valence electrons. The van der Waals surface area contributed by atoms with Gasteiger partial charge in [-0.1, -0.05) is 0 Å². The third-order valence-electron chi connectivity index (χ3n) is 3.29. The number of pyridine rings is 1. The summed E-state index contributed by atoms with van der Waals surface area (Å²) in [6.45, 7) is 6.68. The average Bonchev–Trinajstić information content (AvgIpc) is 2.39. The lowest BCUT2D eigenvalue weighted by molar-refractivity contribution is -0.132. The van der Waals surface area contributed by atoms with Gasteiger partial charge in [0, 0.05) is 44.6 Å². The van der Waals surface area contributed by atoms with Crippen LogP contribution in [-0.4, -0.2) is 60.5 Å². The molecule has 1 fully saturated rings. The molecule has 2 rings (SSSR count). The van der Waals surface area contributed by atoms with Crippen molar-refractivity contribution in [3.63, 3.8) is 0 Å². The zero-order valence-corrected chi connectivity index (χ0v) is 11.7. The number of aryl methyl sites for hydroxylation is 1. The highest BCUT2D eigenvalue weighted by Crippen LogP contribution is 2.05. The molecule has 0 bridgehead atoms. The number of likely N-dealkylation sites (N-methyl/N-ethyl adjacent to an activating group) is 1. The monoisotopic (exact) mass is 262 g/mol. The fourth-order valence-electron chi connectivity index (χ4n) is 2.32. The van der Waals surface area contributed by atoms with Gasteiger partial charge in [-0.2, -0.15) is 0 Å². The molecule has 0 aromatic carbocycles. The normalized spacial score (nSPS) is 15.8. The van der Waals surface area contributed by atoms with E-state index in [0.29, 0.717) is 6.54 Å². The first-order valence-electron chi connectivity index (χ1n) is 6.74. The van der Waals surface area contributed by atoms with Gasteiger partial charge >= 0.3 is 0 Å². The molecule has 0 atom stereocenters. The summed E-state index contributed by atoms with van der Waals surface area (Å²) in [4.78, 5) is 20.3. The van der Waals surface area contributed by atoms with Crippen LogP contribution >= 0.6 is 0 Å². The minimum atomic E-state index is 0.217. The minimum absolute atomic E-state index is 0.217. The second-order valence-corrected chi connectivity index (χ2v) is 5.11. The van der Waals surface area contributed by atoms with Crippen LogP contribution < -0.4 is 5.32 Å². The molecule has 1 N–H and O–H groups in total. The van der Waals surface area contributed by atoms with Crippen molar-refractivity contribution in [2.75, 3.05) is 39.8 Å². The molecule has 1 amide bonds. The Morgan fingerprint density at radius 3 is 2.89 bits per heavy atom. The van der Waals surface area contributed by atoms with E-state index in [1.807, 2.05) is 31.1 Å². The number of nitrogens with zero attached hydrogens (tertiary/aromatic N) is 3. The summed E-state index contributed by atoms with van der Waals surface area (Å²) in [5, 5.41) is 3.25. The SMILES string of the molecule is Cc1cc(CN(C)CC(=O)N2CCNCC2)ccn1. The minimum Gasteiger partial charge on any atom is -0.339 e. The van der Waals surface area contributed by atoms with Crippen molar-refractivity contribution in [3.8, 4) is 0 Å². The summed E-state index contributed by atoms with van der Waals surface area (Å²) in [5.41, 5.74) is 2.21. The average molecular weight is 262 g/mol. The first-order chi connectivity index (χ1) is 9.15. The van der Waals surface area contributed by atoms with Crippen LogP contribution in [0.5, 0.6) is 0 Å². The van der Waals surface area contributed by atoms with E-state index in [4.69, 9.17) is 0 Å². The number of aromatic nitrogens is 1. The summed E-state index contributed by atoms with van der Waals surface area (Å²) < 4.78 is 0. The fraction of sp³-hybridized carbons (Fsp3) is 0.571. The highest BCUT2D eigenvalue weighted by Gasteiger charge is 2.17. The summed E-state index contributed by atoms with van der Waals surface area (Å²) >= 11 is 0. The molecular weight excluding hydrogens is 240 g/mol. The molecule has 0 aliphatic carbocycles. The Morgan fingerprint density at radius 1 is 1.47 bits per heavy atom. The number of amides is 1. The molecule has 2 heterocycles. The zero-order chi connectivity index (χ0) is 13.7. The van der Waals surface area contributed by atoms with E-state index < -0.39 is 0 Å². The predicted molar refractivity (Wildman–Crippen MR) is 74.8 cm³/mol. The van der Waals surface area contributed by atoms with Crippen molar-refractivity contribution in [1.82, 2.24) is 20.1 Å².